The van der Waals surface area contributed by atoms with Gasteiger partial charge in [-0.15, -0.1) is 0 Å². The van der Waals surface area contributed by atoms with Crippen molar-refractivity contribution in [2.45, 2.75) is 6.42 Å². The lowest BCUT2D eigenvalue weighted by Gasteiger charge is -2.12. The highest BCUT2D eigenvalue weighted by Crippen LogP contribution is 2.30. The first-order chi connectivity index (χ1) is 9.74. The molecule has 0 radical (unpaired) electrons. The fourth-order valence-corrected chi connectivity index (χ4v) is 1.72. The van der Waals surface area contributed by atoms with Crippen molar-refractivity contribution in [3.63, 3.8) is 0 Å². The number of hydrogen-bond donors (Lipinski definition) is 2. The van der Waals surface area contributed by atoms with Gasteiger partial charge < -0.3 is 25.3 Å². The minimum atomic E-state index is -0.195. The third-order valence-electron chi connectivity index (χ3n) is 2.66. The van der Waals surface area contributed by atoms with Crippen LogP contribution in [0, 0.1) is 0 Å². The summed E-state index contributed by atoms with van der Waals surface area (Å²) in [4.78, 5) is 12.1. The Kier molecular flexibility index (Phi) is 7.46. The van der Waals surface area contributed by atoms with Crippen LogP contribution in [0.5, 0.6) is 11.5 Å². The first kappa shape index (κ1) is 16.3. The Morgan fingerprint density at radius 3 is 2.70 bits per heavy atom. The smallest absolute Gasteiger partial charge is 0.255 e. The minimum Gasteiger partial charge on any atom is -0.493 e. The van der Waals surface area contributed by atoms with E-state index in [1.165, 1.54) is 14.2 Å². The maximum Gasteiger partial charge on any atom is 0.255 e. The van der Waals surface area contributed by atoms with E-state index in [0.29, 0.717) is 43.4 Å². The van der Waals surface area contributed by atoms with Crippen molar-refractivity contribution in [3.05, 3.63) is 23.8 Å². The molecule has 0 fully saturated rings. The van der Waals surface area contributed by atoms with Crippen molar-refractivity contribution >= 4 is 5.91 Å². The first-order valence-corrected chi connectivity index (χ1v) is 6.51. The number of nitrogens with one attached hydrogen (secondary N) is 1. The van der Waals surface area contributed by atoms with Crippen molar-refractivity contribution in [2.75, 3.05) is 40.5 Å². The molecular formula is C14H22N2O4. The predicted octanol–water partition coefficient (Wildman–Crippen LogP) is 0.799. The lowest BCUT2D eigenvalue weighted by Crippen LogP contribution is -2.26. The van der Waals surface area contributed by atoms with Crippen LogP contribution in [0.4, 0.5) is 0 Å². The van der Waals surface area contributed by atoms with Gasteiger partial charge in [-0.25, -0.2) is 0 Å². The van der Waals surface area contributed by atoms with Crippen LogP contribution in [0.1, 0.15) is 16.8 Å². The lowest BCUT2D eigenvalue weighted by atomic mass is 10.1. The van der Waals surface area contributed by atoms with E-state index in [-0.39, 0.29) is 5.91 Å². The SMILES string of the molecule is COc1cccc(C(=O)NCCCOCCN)c1OC. The van der Waals surface area contributed by atoms with Gasteiger partial charge in [-0.1, -0.05) is 6.07 Å². The molecule has 1 amide bonds. The molecule has 0 aliphatic heterocycles. The molecule has 3 N–H and O–H groups in total. The number of rotatable bonds is 9. The molecule has 0 atom stereocenters. The predicted molar refractivity (Wildman–Crippen MR) is 76.4 cm³/mol. The van der Waals surface area contributed by atoms with Gasteiger partial charge in [0, 0.05) is 19.7 Å². The first-order valence-electron chi connectivity index (χ1n) is 6.51. The molecule has 6 nitrogen and oxygen atoms in total. The van der Waals surface area contributed by atoms with E-state index in [1.807, 2.05) is 0 Å². The van der Waals surface area contributed by atoms with Crippen molar-refractivity contribution in [3.8, 4) is 11.5 Å². The Morgan fingerprint density at radius 1 is 1.25 bits per heavy atom. The number of carbonyl (C=O) groups is 1. The summed E-state index contributed by atoms with van der Waals surface area (Å²) in [5.74, 6) is 0.776. The van der Waals surface area contributed by atoms with Gasteiger partial charge in [-0.2, -0.15) is 0 Å². The maximum absolute atomic E-state index is 12.1. The van der Waals surface area contributed by atoms with Gasteiger partial charge >= 0.3 is 0 Å². The van der Waals surface area contributed by atoms with Gasteiger partial charge in [0.05, 0.1) is 26.4 Å². The van der Waals surface area contributed by atoms with Crippen LogP contribution in [-0.4, -0.2) is 46.4 Å². The average molecular weight is 282 g/mol. The van der Waals surface area contributed by atoms with Crippen LogP contribution in [0.15, 0.2) is 18.2 Å². The van der Waals surface area contributed by atoms with Gasteiger partial charge in [-0.3, -0.25) is 4.79 Å². The van der Waals surface area contributed by atoms with Gasteiger partial charge in [0.1, 0.15) is 0 Å². The van der Waals surface area contributed by atoms with Crippen LogP contribution in [0.3, 0.4) is 0 Å². The van der Waals surface area contributed by atoms with Gasteiger partial charge in [0.15, 0.2) is 11.5 Å². The maximum atomic E-state index is 12.1. The highest BCUT2D eigenvalue weighted by atomic mass is 16.5. The van der Waals surface area contributed by atoms with Gasteiger partial charge in [0.2, 0.25) is 0 Å². The molecule has 20 heavy (non-hydrogen) atoms. The van der Waals surface area contributed by atoms with E-state index in [2.05, 4.69) is 5.32 Å². The van der Waals surface area contributed by atoms with Crippen molar-refractivity contribution < 1.29 is 19.0 Å². The summed E-state index contributed by atoms with van der Waals surface area (Å²) in [6.45, 7) is 2.15. The Hall–Kier alpha value is -1.79. The van der Waals surface area contributed by atoms with Gasteiger partial charge in [-0.05, 0) is 18.6 Å². The highest BCUT2D eigenvalue weighted by molar-refractivity contribution is 5.97. The Morgan fingerprint density at radius 2 is 2.05 bits per heavy atom. The van der Waals surface area contributed by atoms with Crippen LogP contribution < -0.4 is 20.5 Å². The van der Waals surface area contributed by atoms with E-state index >= 15 is 0 Å². The summed E-state index contributed by atoms with van der Waals surface area (Å²) >= 11 is 0. The lowest BCUT2D eigenvalue weighted by molar-refractivity contribution is 0.0939. The quantitative estimate of drug-likeness (QED) is 0.655. The molecule has 0 aromatic heterocycles. The topological polar surface area (TPSA) is 82.8 Å². The third-order valence-corrected chi connectivity index (χ3v) is 2.66. The van der Waals surface area contributed by atoms with Crippen LogP contribution in [0.2, 0.25) is 0 Å². The number of nitrogens with two attached hydrogens (primary N) is 1. The molecule has 0 aliphatic carbocycles. The normalized spacial score (nSPS) is 10.2. The molecule has 0 saturated heterocycles. The molecule has 112 valence electrons. The van der Waals surface area contributed by atoms with E-state index in [0.717, 1.165) is 6.42 Å². The second kappa shape index (κ2) is 9.17. The zero-order valence-electron chi connectivity index (χ0n) is 12.0. The standard InChI is InChI=1S/C14H22N2O4/c1-18-12-6-3-5-11(13(12)19-2)14(17)16-8-4-9-20-10-7-15/h3,5-6H,4,7-10,15H2,1-2H3,(H,16,17). The molecular weight excluding hydrogens is 260 g/mol. The molecule has 1 aromatic carbocycles. The molecule has 1 rings (SSSR count). The van der Waals surface area contributed by atoms with E-state index in [4.69, 9.17) is 19.9 Å². The molecule has 1 aromatic rings. The molecule has 0 spiro atoms. The molecule has 0 unspecified atom stereocenters. The van der Waals surface area contributed by atoms with Crippen molar-refractivity contribution in [1.29, 1.82) is 0 Å². The zero-order chi connectivity index (χ0) is 14.8. The fraction of sp³-hybridized carbons (Fsp3) is 0.500. The van der Waals surface area contributed by atoms with Crippen molar-refractivity contribution in [2.24, 2.45) is 5.73 Å². The number of amides is 1. The number of methoxy groups -OCH3 is 2. The largest absolute Gasteiger partial charge is 0.493 e. The van der Waals surface area contributed by atoms with E-state index in [9.17, 15) is 4.79 Å². The second-order valence-electron chi connectivity index (χ2n) is 4.05. The second-order valence-corrected chi connectivity index (χ2v) is 4.05. The number of carbonyl (C=O) groups excluding carboxylic acids is 1. The number of hydrogen-bond acceptors (Lipinski definition) is 5. The summed E-state index contributed by atoms with van der Waals surface area (Å²) < 4.78 is 15.6. The average Bonchev–Trinajstić information content (AvgIpc) is 2.49. The number of ether oxygens (including phenoxy) is 3. The molecule has 0 saturated carbocycles. The summed E-state index contributed by atoms with van der Waals surface area (Å²) in [6, 6.07) is 5.19. The Bertz CT molecular complexity index is 424. The summed E-state index contributed by atoms with van der Waals surface area (Å²) in [7, 11) is 3.05. The summed E-state index contributed by atoms with van der Waals surface area (Å²) in [5.41, 5.74) is 5.76. The summed E-state index contributed by atoms with van der Waals surface area (Å²) in [5, 5.41) is 2.82. The molecule has 0 aliphatic rings. The van der Waals surface area contributed by atoms with Crippen LogP contribution in [0.25, 0.3) is 0 Å². The molecule has 0 heterocycles. The highest BCUT2D eigenvalue weighted by Gasteiger charge is 2.15. The fourth-order valence-electron chi connectivity index (χ4n) is 1.72. The molecule has 6 heteroatoms. The minimum absolute atomic E-state index is 0.195. The zero-order valence-corrected chi connectivity index (χ0v) is 12.0. The van der Waals surface area contributed by atoms with Crippen molar-refractivity contribution in [1.82, 2.24) is 5.32 Å². The monoisotopic (exact) mass is 282 g/mol. The van der Waals surface area contributed by atoms with E-state index < -0.39 is 0 Å². The third kappa shape index (κ3) is 4.71. The van der Waals surface area contributed by atoms with Crippen LogP contribution >= 0.6 is 0 Å². The van der Waals surface area contributed by atoms with Crippen LogP contribution in [-0.2, 0) is 4.74 Å². The Balaban J connectivity index is 2.51. The summed E-state index contributed by atoms with van der Waals surface area (Å²) in [6.07, 6.45) is 0.734. The molecule has 0 bridgehead atoms. The number of benzene rings is 1. The Labute approximate surface area is 119 Å². The van der Waals surface area contributed by atoms with Gasteiger partial charge in [0.25, 0.3) is 5.91 Å². The van der Waals surface area contributed by atoms with E-state index in [1.54, 1.807) is 18.2 Å². The number of para-hydroxylation sites is 1.